The molecule has 3 rings (SSSR count). The van der Waals surface area contributed by atoms with Crippen molar-refractivity contribution >= 4 is 39.1 Å². The molecule has 0 atom stereocenters. The largest absolute Gasteiger partial charge is 0.497 e. The minimum Gasteiger partial charge on any atom is -0.497 e. The van der Waals surface area contributed by atoms with Crippen LogP contribution < -0.4 is 20.1 Å². The van der Waals surface area contributed by atoms with Crippen LogP contribution in [0.3, 0.4) is 0 Å². The average molecular weight is 473 g/mol. The van der Waals surface area contributed by atoms with Crippen molar-refractivity contribution in [1.29, 1.82) is 0 Å². The number of anilines is 2. The summed E-state index contributed by atoms with van der Waals surface area (Å²) >= 11 is 3.15. The third kappa shape index (κ3) is 5.81. The van der Waals surface area contributed by atoms with Crippen LogP contribution in [0.1, 0.15) is 10.4 Å². The quantitative estimate of drug-likeness (QED) is 0.514. The fourth-order valence-electron chi connectivity index (χ4n) is 2.52. The van der Waals surface area contributed by atoms with Gasteiger partial charge in [0.1, 0.15) is 5.75 Å². The highest BCUT2D eigenvalue weighted by molar-refractivity contribution is 9.10. The molecule has 8 heteroatoms. The van der Waals surface area contributed by atoms with E-state index in [-0.39, 0.29) is 18.3 Å². The van der Waals surface area contributed by atoms with Gasteiger partial charge in [0.05, 0.1) is 7.11 Å². The van der Waals surface area contributed by atoms with E-state index in [1.165, 1.54) is 12.1 Å². The van der Waals surface area contributed by atoms with Crippen LogP contribution in [-0.4, -0.2) is 25.5 Å². The molecule has 0 bridgehead atoms. The molecule has 0 aromatic heterocycles. The zero-order chi connectivity index (χ0) is 21.5. The molecule has 154 valence electrons. The van der Waals surface area contributed by atoms with Gasteiger partial charge in [-0.15, -0.1) is 0 Å². The molecule has 0 fully saturated rings. The minimum atomic E-state index is -0.565. The molecule has 0 saturated heterocycles. The van der Waals surface area contributed by atoms with Gasteiger partial charge in [0, 0.05) is 21.4 Å². The van der Waals surface area contributed by atoms with Gasteiger partial charge >= 0.3 is 0 Å². The van der Waals surface area contributed by atoms with Crippen molar-refractivity contribution in [2.24, 2.45) is 0 Å². The van der Waals surface area contributed by atoms with Crippen LogP contribution in [0.2, 0.25) is 0 Å². The summed E-state index contributed by atoms with van der Waals surface area (Å²) in [6.07, 6.45) is 0. The SMILES string of the molecule is COc1ccc(NC(=O)c2ccc(NC(=O)COc3ccc(Br)cc3F)cc2)cc1. The van der Waals surface area contributed by atoms with Crippen molar-refractivity contribution in [3.05, 3.63) is 82.6 Å². The Bertz CT molecular complexity index is 1040. The number of ether oxygens (including phenoxy) is 2. The maximum atomic E-state index is 13.7. The second kappa shape index (κ2) is 9.89. The van der Waals surface area contributed by atoms with E-state index in [1.54, 1.807) is 61.7 Å². The second-order valence-corrected chi connectivity index (χ2v) is 7.09. The third-order valence-electron chi connectivity index (χ3n) is 4.03. The summed E-state index contributed by atoms with van der Waals surface area (Å²) in [7, 11) is 1.57. The highest BCUT2D eigenvalue weighted by Gasteiger charge is 2.10. The molecular formula is C22H18BrFN2O4. The van der Waals surface area contributed by atoms with Crippen LogP contribution in [0.25, 0.3) is 0 Å². The van der Waals surface area contributed by atoms with E-state index in [4.69, 9.17) is 9.47 Å². The van der Waals surface area contributed by atoms with Crippen LogP contribution >= 0.6 is 15.9 Å². The van der Waals surface area contributed by atoms with E-state index >= 15 is 0 Å². The first-order valence-electron chi connectivity index (χ1n) is 8.88. The third-order valence-corrected chi connectivity index (χ3v) is 4.52. The van der Waals surface area contributed by atoms with Gasteiger partial charge in [-0.25, -0.2) is 4.39 Å². The molecule has 3 aromatic carbocycles. The summed E-state index contributed by atoms with van der Waals surface area (Å²) < 4.78 is 24.6. The van der Waals surface area contributed by atoms with Crippen LogP contribution in [-0.2, 0) is 4.79 Å². The van der Waals surface area contributed by atoms with Gasteiger partial charge in [0.25, 0.3) is 11.8 Å². The van der Waals surface area contributed by atoms with Crippen molar-refractivity contribution in [2.45, 2.75) is 0 Å². The number of nitrogens with one attached hydrogen (secondary N) is 2. The first kappa shape index (κ1) is 21.3. The van der Waals surface area contributed by atoms with Crippen LogP contribution in [0.15, 0.2) is 71.2 Å². The number of hydrogen-bond acceptors (Lipinski definition) is 4. The normalized spacial score (nSPS) is 10.2. The van der Waals surface area contributed by atoms with Crippen molar-refractivity contribution in [1.82, 2.24) is 0 Å². The molecule has 30 heavy (non-hydrogen) atoms. The highest BCUT2D eigenvalue weighted by atomic mass is 79.9. The predicted molar refractivity (Wildman–Crippen MR) is 116 cm³/mol. The number of carbonyl (C=O) groups is 2. The van der Waals surface area contributed by atoms with Gasteiger partial charge in [-0.1, -0.05) is 15.9 Å². The summed E-state index contributed by atoms with van der Waals surface area (Å²) in [5.41, 5.74) is 1.55. The molecule has 2 amide bonds. The number of benzene rings is 3. The summed E-state index contributed by atoms with van der Waals surface area (Å²) in [6.45, 7) is -0.349. The standard InChI is InChI=1S/C22H18BrFN2O4/c1-29-18-9-7-17(8-10-18)26-22(28)14-2-5-16(6-3-14)25-21(27)13-30-20-11-4-15(23)12-19(20)24/h2-12H,13H2,1H3,(H,25,27)(H,26,28). The van der Waals surface area contributed by atoms with Crippen LogP contribution in [0.5, 0.6) is 11.5 Å². The van der Waals surface area contributed by atoms with Crippen molar-refractivity contribution in [3.63, 3.8) is 0 Å². The predicted octanol–water partition coefficient (Wildman–Crippen LogP) is 4.87. The Morgan fingerprint density at radius 3 is 2.20 bits per heavy atom. The van der Waals surface area contributed by atoms with Crippen molar-refractivity contribution < 1.29 is 23.5 Å². The molecule has 3 aromatic rings. The molecule has 0 aliphatic carbocycles. The average Bonchev–Trinajstić information content (AvgIpc) is 2.74. The van der Waals surface area contributed by atoms with Crippen LogP contribution in [0, 0.1) is 5.82 Å². The zero-order valence-electron chi connectivity index (χ0n) is 15.9. The maximum absolute atomic E-state index is 13.7. The fourth-order valence-corrected chi connectivity index (χ4v) is 2.85. The number of methoxy groups -OCH3 is 1. The topological polar surface area (TPSA) is 76.7 Å². The summed E-state index contributed by atoms with van der Waals surface area (Å²) in [4.78, 5) is 24.3. The fraction of sp³-hybridized carbons (Fsp3) is 0.0909. The Morgan fingerprint density at radius 1 is 0.933 bits per heavy atom. The molecule has 0 aliphatic heterocycles. The zero-order valence-corrected chi connectivity index (χ0v) is 17.5. The van der Waals surface area contributed by atoms with Gasteiger partial charge < -0.3 is 20.1 Å². The number of rotatable bonds is 7. The van der Waals surface area contributed by atoms with Crippen molar-refractivity contribution in [2.75, 3.05) is 24.4 Å². The lowest BCUT2D eigenvalue weighted by atomic mass is 10.2. The smallest absolute Gasteiger partial charge is 0.262 e. The van der Waals surface area contributed by atoms with E-state index in [0.29, 0.717) is 27.2 Å². The van der Waals surface area contributed by atoms with Gasteiger partial charge in [0.2, 0.25) is 0 Å². The highest BCUT2D eigenvalue weighted by Crippen LogP contribution is 2.21. The Morgan fingerprint density at radius 2 is 1.57 bits per heavy atom. The molecule has 6 nitrogen and oxygen atoms in total. The lowest BCUT2D eigenvalue weighted by Crippen LogP contribution is -2.20. The lowest BCUT2D eigenvalue weighted by Gasteiger charge is -2.09. The Kier molecular flexibility index (Phi) is 7.03. The number of halogens is 2. The number of hydrogen-bond donors (Lipinski definition) is 2. The Balaban J connectivity index is 1.52. The van der Waals surface area contributed by atoms with Gasteiger partial charge in [-0.2, -0.15) is 0 Å². The molecule has 0 unspecified atom stereocenters. The van der Waals surface area contributed by atoms with E-state index in [0.717, 1.165) is 0 Å². The summed E-state index contributed by atoms with van der Waals surface area (Å²) in [5.74, 6) is -0.622. The van der Waals surface area contributed by atoms with Crippen LogP contribution in [0.4, 0.5) is 15.8 Å². The first-order chi connectivity index (χ1) is 14.4. The number of carbonyl (C=O) groups excluding carboxylic acids is 2. The van der Waals surface area contributed by atoms with Gasteiger partial charge in [0.15, 0.2) is 18.2 Å². The Hall–Kier alpha value is -3.39. The molecule has 0 aliphatic rings. The molecular weight excluding hydrogens is 455 g/mol. The van der Waals surface area contributed by atoms with E-state index < -0.39 is 11.7 Å². The van der Waals surface area contributed by atoms with E-state index in [1.807, 2.05) is 0 Å². The molecule has 0 spiro atoms. The summed E-state index contributed by atoms with van der Waals surface area (Å²) in [5, 5.41) is 5.41. The lowest BCUT2D eigenvalue weighted by molar-refractivity contribution is -0.118. The monoisotopic (exact) mass is 472 g/mol. The molecule has 2 N–H and O–H groups in total. The maximum Gasteiger partial charge on any atom is 0.262 e. The summed E-state index contributed by atoms with van der Waals surface area (Å²) in [6, 6.07) is 17.6. The molecule has 0 radical (unpaired) electrons. The Labute approximate surface area is 181 Å². The minimum absolute atomic E-state index is 0.0149. The number of amides is 2. The first-order valence-corrected chi connectivity index (χ1v) is 9.67. The van der Waals surface area contributed by atoms with Crippen molar-refractivity contribution in [3.8, 4) is 11.5 Å². The van der Waals surface area contributed by atoms with E-state index in [2.05, 4.69) is 26.6 Å². The molecule has 0 saturated carbocycles. The second-order valence-electron chi connectivity index (χ2n) is 6.17. The van der Waals surface area contributed by atoms with Gasteiger partial charge in [-0.05, 0) is 66.7 Å². The molecule has 0 heterocycles. The van der Waals surface area contributed by atoms with Gasteiger partial charge in [-0.3, -0.25) is 9.59 Å². The van der Waals surface area contributed by atoms with E-state index in [9.17, 15) is 14.0 Å².